The van der Waals surface area contributed by atoms with Crippen molar-refractivity contribution >= 4 is 47.0 Å². The van der Waals surface area contributed by atoms with E-state index in [1.165, 1.54) is 74.9 Å². The number of allylic oxidation sites excluding steroid dienone is 1. The molecular formula is C47H38F8N2O12. The molecule has 364 valence electrons. The fourth-order valence-corrected chi connectivity index (χ4v) is 6.09. The summed E-state index contributed by atoms with van der Waals surface area (Å²) in [5.41, 5.74) is 12.2. The van der Waals surface area contributed by atoms with Crippen LogP contribution >= 0.6 is 0 Å². The molecule has 14 nitrogen and oxygen atoms in total. The van der Waals surface area contributed by atoms with Crippen LogP contribution in [0, 0.1) is 0 Å². The van der Waals surface area contributed by atoms with Crippen LogP contribution in [-0.2, 0) is 9.59 Å². The summed E-state index contributed by atoms with van der Waals surface area (Å²) in [5.74, 6) is -10.6. The van der Waals surface area contributed by atoms with Gasteiger partial charge in [0, 0.05) is 17.8 Å². The van der Waals surface area contributed by atoms with Crippen LogP contribution in [0.2, 0.25) is 0 Å². The lowest BCUT2D eigenvalue weighted by atomic mass is 9.82. The highest BCUT2D eigenvalue weighted by Gasteiger charge is 2.45. The Morgan fingerprint density at radius 1 is 0.594 bits per heavy atom. The molecule has 1 unspecified atom stereocenters. The number of carbonyl (C=O) groups excluding carboxylic acids is 4. The zero-order valence-corrected chi connectivity index (χ0v) is 35.7. The number of carbonyl (C=O) groups is 4. The highest BCUT2D eigenvalue weighted by molar-refractivity contribution is 6.01. The molecule has 0 aromatic heterocycles. The number of benzene rings is 5. The number of aliphatic hydroxyl groups is 2. The maximum atomic E-state index is 13.5. The third kappa shape index (κ3) is 13.4. The highest BCUT2D eigenvalue weighted by Crippen LogP contribution is 2.37. The second kappa shape index (κ2) is 21.8. The van der Waals surface area contributed by atoms with Crippen LogP contribution in [0.1, 0.15) is 49.7 Å². The Hall–Kier alpha value is -7.98. The molecule has 0 saturated heterocycles. The van der Waals surface area contributed by atoms with Gasteiger partial charge in [-0.25, -0.2) is 9.59 Å². The minimum atomic E-state index is -4.77. The standard InChI is InChI=1S/C47H38F8N2O12/c1-64-38-21-25(4-18-36(38)66-41(60)27-7-13-31(14-8-27)68-46(52,53)43(48)49)3-12-30(58)24-34(33-17-11-29(56)23-35(33)57)45(62,63)40(59)20-6-26-5-19-37(39(22-26)65-2)67-42(61)28-9-15-32(16-10-28)69-47(54,55)44(50)51/h3-23,34,43-44,62-63H,24,56-57H2,1-2H3/b12-3+,20-6+. The van der Waals surface area contributed by atoms with E-state index in [2.05, 4.69) is 9.47 Å². The zero-order chi connectivity index (χ0) is 50.8. The first-order valence-corrected chi connectivity index (χ1v) is 19.7. The number of hydrogen-bond donors (Lipinski definition) is 4. The number of halogens is 8. The minimum absolute atomic E-state index is 0.0131. The Labute approximate surface area is 385 Å². The summed E-state index contributed by atoms with van der Waals surface area (Å²) in [6.45, 7) is 0. The summed E-state index contributed by atoms with van der Waals surface area (Å²) in [4.78, 5) is 52.5. The largest absolute Gasteiger partial charge is 0.493 e. The van der Waals surface area contributed by atoms with Gasteiger partial charge in [-0.15, -0.1) is 0 Å². The monoisotopic (exact) mass is 974 g/mol. The SMILES string of the molecule is COc1cc(/C=C/C(=O)CC(c2ccc(N)cc2N)C(O)(O)C(=O)/C=C/c2ccc(OC(=O)c3ccc(OC(F)(F)C(F)F)cc3)c(OC)c2)ccc1OC(=O)c1ccc(OC(F)(F)C(F)F)cc1. The summed E-state index contributed by atoms with van der Waals surface area (Å²) >= 11 is 0. The molecule has 6 N–H and O–H groups in total. The summed E-state index contributed by atoms with van der Waals surface area (Å²) < 4.78 is 132. The number of methoxy groups -OCH3 is 2. The van der Waals surface area contributed by atoms with Crippen molar-refractivity contribution < 1.29 is 92.9 Å². The Morgan fingerprint density at radius 3 is 1.43 bits per heavy atom. The molecule has 0 heterocycles. The zero-order valence-electron chi connectivity index (χ0n) is 35.7. The molecular weight excluding hydrogens is 937 g/mol. The molecule has 0 aliphatic rings. The number of hydrogen-bond acceptors (Lipinski definition) is 14. The molecule has 22 heteroatoms. The van der Waals surface area contributed by atoms with E-state index in [9.17, 15) is 64.5 Å². The molecule has 5 aromatic rings. The second-order valence-electron chi connectivity index (χ2n) is 14.4. The number of esters is 2. The number of rotatable bonds is 21. The smallest absolute Gasteiger partial charge is 0.461 e. The molecule has 0 bridgehead atoms. The maximum absolute atomic E-state index is 13.5. The number of nitrogen functional groups attached to an aromatic ring is 2. The number of nitrogens with two attached hydrogens (primary N) is 2. The van der Waals surface area contributed by atoms with E-state index in [4.69, 9.17) is 30.4 Å². The first-order valence-electron chi connectivity index (χ1n) is 19.7. The molecule has 0 radical (unpaired) electrons. The maximum Gasteiger partial charge on any atom is 0.461 e. The Balaban J connectivity index is 1.28. The summed E-state index contributed by atoms with van der Waals surface area (Å²) in [6.07, 6.45) is -14.1. The summed E-state index contributed by atoms with van der Waals surface area (Å²) in [6, 6.07) is 19.3. The minimum Gasteiger partial charge on any atom is -0.493 e. The quantitative estimate of drug-likeness (QED) is 0.0136. The van der Waals surface area contributed by atoms with Crippen molar-refractivity contribution in [1.29, 1.82) is 0 Å². The molecule has 5 aromatic carbocycles. The van der Waals surface area contributed by atoms with Gasteiger partial charge in [0.1, 0.15) is 11.5 Å². The number of anilines is 2. The van der Waals surface area contributed by atoms with Crippen molar-refractivity contribution in [3.8, 4) is 34.5 Å². The van der Waals surface area contributed by atoms with Crippen molar-refractivity contribution in [3.05, 3.63) is 143 Å². The van der Waals surface area contributed by atoms with Crippen molar-refractivity contribution in [3.63, 3.8) is 0 Å². The van der Waals surface area contributed by atoms with Gasteiger partial charge in [-0.05, 0) is 114 Å². The number of alkyl halides is 8. The Bertz CT molecular complexity index is 2730. The van der Waals surface area contributed by atoms with Gasteiger partial charge in [-0.2, -0.15) is 35.1 Å². The first-order chi connectivity index (χ1) is 32.4. The molecule has 0 saturated carbocycles. The second-order valence-corrected chi connectivity index (χ2v) is 14.4. The lowest BCUT2D eigenvalue weighted by Crippen LogP contribution is -2.44. The lowest BCUT2D eigenvalue weighted by molar-refractivity contribution is -0.253. The average molecular weight is 975 g/mol. The Kier molecular flexibility index (Phi) is 16.4. The molecule has 69 heavy (non-hydrogen) atoms. The summed E-state index contributed by atoms with van der Waals surface area (Å²) in [7, 11) is 2.45. The van der Waals surface area contributed by atoms with Crippen molar-refractivity contribution in [2.45, 2.75) is 43.2 Å². The molecule has 0 fully saturated rings. The van der Waals surface area contributed by atoms with E-state index in [0.29, 0.717) is 5.56 Å². The fraction of sp³-hybridized carbons (Fsp3) is 0.191. The van der Waals surface area contributed by atoms with Gasteiger partial charge < -0.3 is 50.1 Å². The molecule has 5 rings (SSSR count). The molecule has 1 atom stereocenters. The van der Waals surface area contributed by atoms with Crippen LogP contribution in [0.4, 0.5) is 46.5 Å². The van der Waals surface area contributed by atoms with E-state index in [1.807, 2.05) is 0 Å². The first kappa shape index (κ1) is 52.0. The number of ether oxygens (including phenoxy) is 6. The topological polar surface area (TPSA) is 216 Å². The van der Waals surface area contributed by atoms with Crippen LogP contribution < -0.4 is 39.9 Å². The Morgan fingerprint density at radius 2 is 1.03 bits per heavy atom. The normalized spacial score (nSPS) is 12.6. The highest BCUT2D eigenvalue weighted by atomic mass is 19.3. The predicted molar refractivity (Wildman–Crippen MR) is 230 cm³/mol. The van der Waals surface area contributed by atoms with Crippen molar-refractivity contribution in [2.24, 2.45) is 0 Å². The van der Waals surface area contributed by atoms with Gasteiger partial charge in [0.25, 0.3) is 0 Å². The van der Waals surface area contributed by atoms with Crippen LogP contribution in [-0.4, -0.2) is 78.8 Å². The van der Waals surface area contributed by atoms with E-state index in [-0.39, 0.29) is 56.6 Å². The van der Waals surface area contributed by atoms with Gasteiger partial charge in [-0.3, -0.25) is 9.59 Å². The van der Waals surface area contributed by atoms with Gasteiger partial charge in [-0.1, -0.05) is 30.4 Å². The van der Waals surface area contributed by atoms with Crippen LogP contribution in [0.3, 0.4) is 0 Å². The molecule has 0 aliphatic heterocycles. The molecule has 0 spiro atoms. The van der Waals surface area contributed by atoms with Gasteiger partial charge in [0.15, 0.2) is 28.8 Å². The third-order valence-electron chi connectivity index (χ3n) is 9.61. The van der Waals surface area contributed by atoms with Gasteiger partial charge >= 0.3 is 37.0 Å². The van der Waals surface area contributed by atoms with E-state index >= 15 is 0 Å². The predicted octanol–water partition coefficient (Wildman–Crippen LogP) is 8.50. The lowest BCUT2D eigenvalue weighted by Gasteiger charge is -2.30. The van der Waals surface area contributed by atoms with Crippen LogP contribution in [0.5, 0.6) is 34.5 Å². The molecule has 0 aliphatic carbocycles. The number of ketones is 2. The van der Waals surface area contributed by atoms with Crippen LogP contribution in [0.15, 0.2) is 115 Å². The van der Waals surface area contributed by atoms with E-state index < -0.39 is 78.2 Å². The van der Waals surface area contributed by atoms with Gasteiger partial charge in [0.05, 0.1) is 31.3 Å². The van der Waals surface area contributed by atoms with Crippen molar-refractivity contribution in [1.82, 2.24) is 0 Å². The molecule has 0 amide bonds. The van der Waals surface area contributed by atoms with E-state index in [1.54, 1.807) is 0 Å². The van der Waals surface area contributed by atoms with Crippen LogP contribution in [0.25, 0.3) is 12.2 Å². The fourth-order valence-electron chi connectivity index (χ4n) is 6.09. The van der Waals surface area contributed by atoms with E-state index in [0.717, 1.165) is 66.8 Å². The van der Waals surface area contributed by atoms with Crippen molar-refractivity contribution in [2.75, 3.05) is 25.7 Å². The average Bonchev–Trinajstić information content (AvgIpc) is 3.30. The third-order valence-corrected chi connectivity index (χ3v) is 9.61. The summed E-state index contributed by atoms with van der Waals surface area (Å²) in [5, 5.41) is 22.8. The van der Waals surface area contributed by atoms with Gasteiger partial charge in [0.2, 0.25) is 11.6 Å².